The molecule has 1 amide bonds. The maximum atomic E-state index is 12.2. The number of carbonyl (C=O) groups excluding carboxylic acids is 1. The summed E-state index contributed by atoms with van der Waals surface area (Å²) >= 11 is 12.5. The van der Waals surface area contributed by atoms with Crippen molar-refractivity contribution >= 4 is 29.1 Å². The smallest absolute Gasteiger partial charge is 0.231 e. The Morgan fingerprint density at radius 1 is 1.00 bits per heavy atom. The number of aliphatic hydroxyl groups is 1. The van der Waals surface area contributed by atoms with Gasteiger partial charge in [-0.05, 0) is 29.8 Å². The Balaban J connectivity index is 2.15. The predicted molar refractivity (Wildman–Crippen MR) is 103 cm³/mol. The van der Waals surface area contributed by atoms with Crippen molar-refractivity contribution in [3.05, 3.63) is 87.5 Å². The summed E-state index contributed by atoms with van der Waals surface area (Å²) in [6.45, 7) is -0.113. The first-order valence-corrected chi connectivity index (χ1v) is 8.68. The van der Waals surface area contributed by atoms with E-state index in [9.17, 15) is 9.90 Å². The molecule has 0 saturated heterocycles. The highest BCUT2D eigenvalue weighted by Gasteiger charge is 2.27. The molecule has 0 bridgehead atoms. The van der Waals surface area contributed by atoms with Crippen LogP contribution in [0.25, 0.3) is 11.3 Å². The van der Waals surface area contributed by atoms with E-state index in [0.717, 1.165) is 11.1 Å². The Morgan fingerprint density at radius 3 is 2.31 bits per heavy atom. The fraction of sp³-hybridized carbons (Fsp3) is 0.100. The van der Waals surface area contributed by atoms with Crippen LogP contribution in [-0.2, 0) is 11.4 Å². The van der Waals surface area contributed by atoms with Crippen LogP contribution in [0.2, 0.25) is 10.0 Å². The third kappa shape index (κ3) is 3.58. The molecule has 26 heavy (non-hydrogen) atoms. The summed E-state index contributed by atoms with van der Waals surface area (Å²) in [4.78, 5) is 16.8. The van der Waals surface area contributed by atoms with E-state index >= 15 is 0 Å². The van der Waals surface area contributed by atoms with Crippen LogP contribution in [0, 0.1) is 0 Å². The zero-order valence-electron chi connectivity index (χ0n) is 13.7. The van der Waals surface area contributed by atoms with Crippen molar-refractivity contribution in [2.75, 3.05) is 0 Å². The van der Waals surface area contributed by atoms with Crippen molar-refractivity contribution in [2.45, 2.75) is 12.5 Å². The summed E-state index contributed by atoms with van der Waals surface area (Å²) in [5, 5.41) is 10.3. The average Bonchev–Trinajstić information content (AvgIpc) is 2.64. The van der Waals surface area contributed by atoms with Gasteiger partial charge in [-0.25, -0.2) is 0 Å². The summed E-state index contributed by atoms with van der Waals surface area (Å²) in [7, 11) is 0. The van der Waals surface area contributed by atoms with Gasteiger partial charge in [-0.2, -0.15) is 0 Å². The number of pyridine rings is 1. The molecule has 1 aromatic heterocycles. The van der Waals surface area contributed by atoms with Gasteiger partial charge in [0.2, 0.25) is 5.91 Å². The predicted octanol–water partition coefficient (Wildman–Crippen LogP) is 4.16. The van der Waals surface area contributed by atoms with Crippen molar-refractivity contribution in [1.29, 1.82) is 0 Å². The number of carbonyl (C=O) groups is 1. The summed E-state index contributed by atoms with van der Waals surface area (Å²) in [6.07, 6.45) is 0. The molecular formula is C20H16Cl2N2O2. The van der Waals surface area contributed by atoms with E-state index in [2.05, 4.69) is 4.98 Å². The zero-order valence-corrected chi connectivity index (χ0v) is 15.2. The average molecular weight is 387 g/mol. The van der Waals surface area contributed by atoms with Gasteiger partial charge in [0.25, 0.3) is 0 Å². The number of rotatable bonds is 5. The number of aromatic nitrogens is 1. The number of halogens is 2. The molecule has 3 rings (SSSR count). The molecule has 0 fully saturated rings. The standard InChI is InChI=1S/C20H16Cl2N2O2/c21-14-7-3-8-15(22)18(14)19(20(23)26)17-10-4-9-16(24-17)13-6-2-1-5-12(13)11-25/h1-10,19,25H,11H2,(H2,23,26). The molecule has 3 N–H and O–H groups in total. The molecule has 0 saturated carbocycles. The molecule has 2 aromatic carbocycles. The third-order valence-corrected chi connectivity index (χ3v) is 4.76. The number of nitrogens with two attached hydrogens (primary N) is 1. The van der Waals surface area contributed by atoms with E-state index in [4.69, 9.17) is 28.9 Å². The lowest BCUT2D eigenvalue weighted by molar-refractivity contribution is -0.118. The lowest BCUT2D eigenvalue weighted by atomic mass is 9.93. The molecule has 1 atom stereocenters. The zero-order chi connectivity index (χ0) is 18.7. The van der Waals surface area contributed by atoms with Gasteiger partial charge < -0.3 is 10.8 Å². The number of nitrogens with zero attached hydrogens (tertiary/aromatic N) is 1. The van der Waals surface area contributed by atoms with Crippen LogP contribution in [0.3, 0.4) is 0 Å². The minimum absolute atomic E-state index is 0.113. The SMILES string of the molecule is NC(=O)C(c1cccc(-c2ccccc2CO)n1)c1c(Cl)cccc1Cl. The highest BCUT2D eigenvalue weighted by molar-refractivity contribution is 6.36. The maximum absolute atomic E-state index is 12.2. The fourth-order valence-electron chi connectivity index (χ4n) is 2.89. The van der Waals surface area contributed by atoms with Gasteiger partial charge in [0, 0.05) is 21.2 Å². The Bertz CT molecular complexity index is 940. The summed E-state index contributed by atoms with van der Waals surface area (Å²) in [5.74, 6) is -1.47. The summed E-state index contributed by atoms with van der Waals surface area (Å²) in [6, 6.07) is 17.7. The molecular weight excluding hydrogens is 371 g/mol. The Labute approximate surface area is 161 Å². The second kappa shape index (κ2) is 7.87. The topological polar surface area (TPSA) is 76.2 Å². The van der Waals surface area contributed by atoms with Crippen LogP contribution in [0.15, 0.2) is 60.7 Å². The highest BCUT2D eigenvalue weighted by atomic mass is 35.5. The molecule has 1 heterocycles. The summed E-state index contributed by atoms with van der Waals surface area (Å²) < 4.78 is 0. The molecule has 0 spiro atoms. The van der Waals surface area contributed by atoms with E-state index in [0.29, 0.717) is 27.0 Å². The van der Waals surface area contributed by atoms with Crippen LogP contribution in [0.1, 0.15) is 22.7 Å². The van der Waals surface area contributed by atoms with Gasteiger partial charge in [0.1, 0.15) is 5.92 Å². The largest absolute Gasteiger partial charge is 0.392 e. The first-order chi connectivity index (χ1) is 12.5. The van der Waals surface area contributed by atoms with Crippen LogP contribution in [0.4, 0.5) is 0 Å². The maximum Gasteiger partial charge on any atom is 0.231 e. The molecule has 132 valence electrons. The first-order valence-electron chi connectivity index (χ1n) is 7.92. The van der Waals surface area contributed by atoms with E-state index < -0.39 is 11.8 Å². The van der Waals surface area contributed by atoms with Gasteiger partial charge in [0.05, 0.1) is 18.0 Å². The van der Waals surface area contributed by atoms with Crippen LogP contribution in [-0.4, -0.2) is 16.0 Å². The molecule has 0 radical (unpaired) electrons. The number of benzene rings is 2. The number of hydrogen-bond acceptors (Lipinski definition) is 3. The molecule has 0 aliphatic carbocycles. The van der Waals surface area contributed by atoms with Crippen LogP contribution in [0.5, 0.6) is 0 Å². The van der Waals surface area contributed by atoms with E-state index in [1.807, 2.05) is 30.3 Å². The molecule has 1 unspecified atom stereocenters. The first kappa shape index (κ1) is 18.4. The van der Waals surface area contributed by atoms with E-state index in [1.54, 1.807) is 30.3 Å². The lowest BCUT2D eigenvalue weighted by Crippen LogP contribution is -2.24. The minimum atomic E-state index is -0.877. The molecule has 3 aromatic rings. The van der Waals surface area contributed by atoms with Gasteiger partial charge in [-0.15, -0.1) is 0 Å². The number of hydrogen-bond donors (Lipinski definition) is 2. The van der Waals surface area contributed by atoms with Crippen LogP contribution >= 0.6 is 23.2 Å². The second-order valence-electron chi connectivity index (χ2n) is 5.73. The van der Waals surface area contributed by atoms with Crippen molar-refractivity contribution in [3.63, 3.8) is 0 Å². The van der Waals surface area contributed by atoms with Crippen molar-refractivity contribution < 1.29 is 9.90 Å². The quantitative estimate of drug-likeness (QED) is 0.690. The highest BCUT2D eigenvalue weighted by Crippen LogP contribution is 2.35. The minimum Gasteiger partial charge on any atom is -0.392 e. The summed E-state index contributed by atoms with van der Waals surface area (Å²) in [5.41, 5.74) is 8.67. The molecule has 0 aliphatic heterocycles. The van der Waals surface area contributed by atoms with Gasteiger partial charge in [0.15, 0.2) is 0 Å². The Kier molecular flexibility index (Phi) is 5.57. The fourth-order valence-corrected chi connectivity index (χ4v) is 3.51. The van der Waals surface area contributed by atoms with Gasteiger partial charge >= 0.3 is 0 Å². The lowest BCUT2D eigenvalue weighted by Gasteiger charge is -2.17. The van der Waals surface area contributed by atoms with Crippen molar-refractivity contribution in [2.24, 2.45) is 5.73 Å². The van der Waals surface area contributed by atoms with E-state index in [-0.39, 0.29) is 6.61 Å². The number of amides is 1. The number of aliphatic hydroxyl groups excluding tert-OH is 1. The van der Waals surface area contributed by atoms with E-state index in [1.165, 1.54) is 0 Å². The number of primary amides is 1. The van der Waals surface area contributed by atoms with Crippen LogP contribution < -0.4 is 5.73 Å². The monoisotopic (exact) mass is 386 g/mol. The molecule has 0 aliphatic rings. The van der Waals surface area contributed by atoms with Crippen molar-refractivity contribution in [3.8, 4) is 11.3 Å². The molecule has 6 heteroatoms. The van der Waals surface area contributed by atoms with Gasteiger partial charge in [-0.3, -0.25) is 9.78 Å². The molecule has 4 nitrogen and oxygen atoms in total. The van der Waals surface area contributed by atoms with Crippen molar-refractivity contribution in [1.82, 2.24) is 4.98 Å². The normalized spacial score (nSPS) is 12.0. The second-order valence-corrected chi connectivity index (χ2v) is 6.55. The van der Waals surface area contributed by atoms with Gasteiger partial charge in [-0.1, -0.05) is 59.6 Å². The third-order valence-electron chi connectivity index (χ3n) is 4.10. The Hall–Kier alpha value is -2.40. The Morgan fingerprint density at radius 2 is 1.65 bits per heavy atom.